The maximum atomic E-state index is 13.3. The Morgan fingerprint density at radius 3 is 2.25 bits per heavy atom. The molecule has 1 aliphatic heterocycles. The summed E-state index contributed by atoms with van der Waals surface area (Å²) in [5, 5.41) is 62.1. The third-order valence-electron chi connectivity index (χ3n) is 6.10. The molecule has 272 valence electrons. The average Bonchev–Trinajstić information content (AvgIpc) is 3.57. The topological polar surface area (TPSA) is 324 Å². The summed E-state index contributed by atoms with van der Waals surface area (Å²) in [6.07, 6.45) is 5.77. The second-order valence-electron chi connectivity index (χ2n) is 9.08. The predicted molar refractivity (Wildman–Crippen MR) is 169 cm³/mol. The molecule has 1 aliphatic rings. The highest BCUT2D eigenvalue weighted by Gasteiger charge is 2.35. The molecule has 0 atom stereocenters. The molecule has 0 saturated carbocycles. The Labute approximate surface area is 293 Å². The van der Waals surface area contributed by atoms with Gasteiger partial charge in [0.25, 0.3) is 26.1 Å². The van der Waals surface area contributed by atoms with Crippen LogP contribution in [-0.4, -0.2) is 86.1 Å². The lowest BCUT2D eigenvalue weighted by atomic mass is 10.2. The maximum Gasteiger partial charge on any atom is 0.357 e. The van der Waals surface area contributed by atoms with Crippen LogP contribution in [0.2, 0.25) is 0 Å². The van der Waals surface area contributed by atoms with Crippen LogP contribution in [0.25, 0.3) is 11.8 Å². The van der Waals surface area contributed by atoms with Gasteiger partial charge in [-0.2, -0.15) is 31.6 Å². The van der Waals surface area contributed by atoms with Gasteiger partial charge < -0.3 is 20.1 Å². The van der Waals surface area contributed by atoms with E-state index in [-0.39, 0.29) is 21.1 Å². The first kappa shape index (κ1) is 39.1. The SMILES string of the molecule is O=C(O)c1nn(-c2cc(S(=O)(=O)O)ccc2SOOO)c(O)c1C=CC=CC=C1C(=O)N(c2cc(SOOO)ccc2S(=O)(=O)O)N=C1OCO. The minimum absolute atomic E-state index is 0.0717. The van der Waals surface area contributed by atoms with Crippen molar-refractivity contribution in [2.75, 3.05) is 11.8 Å². The highest BCUT2D eigenvalue weighted by molar-refractivity contribution is 7.95. The van der Waals surface area contributed by atoms with Gasteiger partial charge in [-0.15, -0.1) is 13.8 Å². The van der Waals surface area contributed by atoms with Gasteiger partial charge in [0, 0.05) is 4.90 Å². The Bertz CT molecular complexity index is 2180. The van der Waals surface area contributed by atoms with Crippen molar-refractivity contribution in [3.63, 3.8) is 0 Å². The van der Waals surface area contributed by atoms with E-state index in [0.29, 0.717) is 33.8 Å². The number of carbonyl (C=O) groups excluding carboxylic acids is 1. The first-order valence-electron chi connectivity index (χ1n) is 12.9. The number of hydrazone groups is 1. The summed E-state index contributed by atoms with van der Waals surface area (Å²) >= 11 is 0.702. The quantitative estimate of drug-likeness (QED) is 0.0221. The molecule has 0 unspecified atom stereocenters. The van der Waals surface area contributed by atoms with E-state index in [2.05, 4.69) is 28.9 Å². The normalized spacial score (nSPS) is 14.7. The number of amides is 1. The molecule has 0 spiro atoms. The zero-order chi connectivity index (χ0) is 37.5. The number of aliphatic hydroxyl groups is 1. The number of allylic oxidation sites excluding steroid dienone is 4. The molecular formula is C25H20N4O18S4. The molecule has 22 nitrogen and oxygen atoms in total. The number of hydrogen-bond donors (Lipinski definition) is 7. The molecule has 1 amide bonds. The Morgan fingerprint density at radius 1 is 0.922 bits per heavy atom. The molecule has 4 rings (SSSR count). The average molecular weight is 793 g/mol. The van der Waals surface area contributed by atoms with Crippen LogP contribution >= 0.6 is 24.1 Å². The van der Waals surface area contributed by atoms with Gasteiger partial charge in [-0.05, 0) is 48.6 Å². The Kier molecular flexibility index (Phi) is 12.7. The number of rotatable bonds is 15. The molecule has 0 bridgehead atoms. The van der Waals surface area contributed by atoms with Gasteiger partial charge >= 0.3 is 5.97 Å². The molecule has 0 saturated heterocycles. The van der Waals surface area contributed by atoms with Crippen molar-refractivity contribution in [2.24, 2.45) is 5.10 Å². The molecule has 2 heterocycles. The molecule has 0 radical (unpaired) electrons. The van der Waals surface area contributed by atoms with Crippen LogP contribution in [-0.2, 0) is 48.5 Å². The number of nitrogens with zero attached hydrogens (tertiary/aromatic N) is 4. The summed E-state index contributed by atoms with van der Waals surface area (Å²) in [5.41, 5.74) is -2.31. The lowest BCUT2D eigenvalue weighted by molar-refractivity contribution is -0.432. The second-order valence-corrected chi connectivity index (χ2v) is 13.4. The minimum atomic E-state index is -4.93. The van der Waals surface area contributed by atoms with Crippen LogP contribution in [0.1, 0.15) is 16.1 Å². The van der Waals surface area contributed by atoms with Gasteiger partial charge in [-0.3, -0.25) is 13.9 Å². The van der Waals surface area contributed by atoms with Crippen molar-refractivity contribution in [3.05, 3.63) is 77.5 Å². The van der Waals surface area contributed by atoms with Crippen molar-refractivity contribution in [1.82, 2.24) is 9.78 Å². The van der Waals surface area contributed by atoms with E-state index in [9.17, 15) is 50.8 Å². The first-order valence-corrected chi connectivity index (χ1v) is 17.3. The first-order chi connectivity index (χ1) is 24.1. The number of aromatic carboxylic acids is 1. The monoisotopic (exact) mass is 792 g/mol. The van der Waals surface area contributed by atoms with E-state index in [1.54, 1.807) is 0 Å². The summed E-state index contributed by atoms with van der Waals surface area (Å²) in [6, 6.07) is 5.90. The van der Waals surface area contributed by atoms with Gasteiger partial charge in [0.15, 0.2) is 12.5 Å². The number of anilines is 1. The number of aliphatic hydroxyl groups excluding tert-OH is 1. The fraction of sp³-hybridized carbons (Fsp3) is 0.0400. The van der Waals surface area contributed by atoms with Crippen LogP contribution < -0.4 is 5.01 Å². The third kappa shape index (κ3) is 9.17. The zero-order valence-electron chi connectivity index (χ0n) is 24.6. The van der Waals surface area contributed by atoms with E-state index >= 15 is 0 Å². The van der Waals surface area contributed by atoms with Crippen LogP contribution in [0.4, 0.5) is 5.69 Å². The number of ether oxygens (including phenoxy) is 1. The summed E-state index contributed by atoms with van der Waals surface area (Å²) < 4.78 is 80.9. The van der Waals surface area contributed by atoms with E-state index in [4.69, 9.17) is 15.3 Å². The van der Waals surface area contributed by atoms with Gasteiger partial charge in [-0.25, -0.2) is 15.3 Å². The third-order valence-corrected chi connectivity index (χ3v) is 9.08. The van der Waals surface area contributed by atoms with E-state index < -0.39 is 77.4 Å². The largest absolute Gasteiger partial charge is 0.493 e. The number of carbonyl (C=O) groups is 2. The second kappa shape index (κ2) is 16.6. The molecule has 7 N–H and O–H groups in total. The number of carboxylic acids is 1. The highest BCUT2D eigenvalue weighted by atomic mass is 32.2. The van der Waals surface area contributed by atoms with Gasteiger partial charge in [0.1, 0.15) is 10.5 Å². The fourth-order valence-corrected chi connectivity index (χ4v) is 6.07. The molecule has 0 fully saturated rings. The summed E-state index contributed by atoms with van der Waals surface area (Å²) in [6.45, 7) is -0.975. The molecule has 51 heavy (non-hydrogen) atoms. The van der Waals surface area contributed by atoms with E-state index in [1.165, 1.54) is 18.2 Å². The fourth-order valence-electron chi connectivity index (χ4n) is 4.07. The van der Waals surface area contributed by atoms with Crippen molar-refractivity contribution in [3.8, 4) is 11.6 Å². The number of aromatic hydroxyl groups is 1. The van der Waals surface area contributed by atoms with E-state index in [0.717, 1.165) is 48.6 Å². The van der Waals surface area contributed by atoms with Crippen molar-refractivity contribution < 1.29 is 84.8 Å². The van der Waals surface area contributed by atoms with Crippen molar-refractivity contribution in [2.45, 2.75) is 19.6 Å². The van der Waals surface area contributed by atoms with Crippen molar-refractivity contribution in [1.29, 1.82) is 0 Å². The molecule has 3 aromatic rings. The number of hydrogen-bond acceptors (Lipinski definition) is 19. The number of aromatic nitrogens is 2. The van der Waals surface area contributed by atoms with Gasteiger partial charge in [0.2, 0.25) is 11.8 Å². The Hall–Kier alpha value is -4.68. The highest BCUT2D eigenvalue weighted by Crippen LogP contribution is 2.36. The number of benzene rings is 2. The summed E-state index contributed by atoms with van der Waals surface area (Å²) in [4.78, 5) is 23.8. The van der Waals surface area contributed by atoms with Crippen molar-refractivity contribution >= 4 is 73.9 Å². The van der Waals surface area contributed by atoms with Crippen LogP contribution in [0.3, 0.4) is 0 Å². The van der Waals surface area contributed by atoms with Crippen LogP contribution in [0, 0.1) is 0 Å². The van der Waals surface area contributed by atoms with Gasteiger partial charge in [0.05, 0.1) is 50.8 Å². The maximum absolute atomic E-state index is 13.3. The molecular weight excluding hydrogens is 773 g/mol. The standard InChI is InChI=1S/C25H20N4O18S4/c30-12-43-22-16(24(32)29(27-22)18-10-13(48-46-44-35)6-9-20(18)51(40,41)42)5-3-1-2-4-15-21(25(33)34)26-28(23(15)31)17-11-14(50(37,38)39)7-8-19(17)49-47-45-36/h1-11,30-31,35-36H,12H2,(H,33,34)(H,37,38,39)(H,40,41,42). The van der Waals surface area contributed by atoms with Crippen LogP contribution in [0.15, 0.2) is 91.0 Å². The lowest BCUT2D eigenvalue weighted by Crippen LogP contribution is -2.23. The van der Waals surface area contributed by atoms with E-state index in [1.807, 2.05) is 0 Å². The smallest absolute Gasteiger partial charge is 0.357 e. The minimum Gasteiger partial charge on any atom is -0.493 e. The lowest BCUT2D eigenvalue weighted by Gasteiger charge is -2.15. The molecule has 1 aromatic heterocycles. The Morgan fingerprint density at radius 2 is 1.63 bits per heavy atom. The molecule has 26 heteroatoms. The molecule has 2 aromatic carbocycles. The molecule has 0 aliphatic carbocycles. The predicted octanol–water partition coefficient (Wildman–Crippen LogP) is 2.45. The Balaban J connectivity index is 1.69. The summed E-state index contributed by atoms with van der Waals surface area (Å²) in [5.74, 6) is -3.98. The summed E-state index contributed by atoms with van der Waals surface area (Å²) in [7, 11) is -9.72. The van der Waals surface area contributed by atoms with Gasteiger partial charge in [-0.1, -0.05) is 28.3 Å². The number of carboxylic acid groups (broad SMARTS) is 1. The van der Waals surface area contributed by atoms with Crippen LogP contribution in [0.5, 0.6) is 5.88 Å². The zero-order valence-corrected chi connectivity index (χ0v) is 27.9.